The van der Waals surface area contributed by atoms with Crippen molar-refractivity contribution in [2.75, 3.05) is 29.1 Å². The summed E-state index contributed by atoms with van der Waals surface area (Å²) in [5, 5.41) is 3.10. The van der Waals surface area contributed by atoms with Gasteiger partial charge in [0.15, 0.2) is 0 Å². The summed E-state index contributed by atoms with van der Waals surface area (Å²) >= 11 is 7.57. The number of benzene rings is 1. The second kappa shape index (κ2) is 4.45. The van der Waals surface area contributed by atoms with Gasteiger partial charge in [0.05, 0.1) is 17.9 Å². The number of nitrogens with zero attached hydrogens (tertiary/aromatic N) is 1. The molecular weight excluding hydrogens is 276 g/mol. The van der Waals surface area contributed by atoms with E-state index in [4.69, 9.17) is 0 Å². The predicted molar refractivity (Wildman–Crippen MR) is 68.8 cm³/mol. The molecule has 5 heteroatoms. The molecule has 0 aliphatic carbocycles. The fraction of sp³-hybridized carbons (Fsp3) is 0.300. The molecule has 1 aliphatic rings. The molecule has 0 unspecified atom stereocenters. The Bertz CT molecular complexity index is 397. The lowest BCUT2D eigenvalue weighted by Gasteiger charge is -2.29. The van der Waals surface area contributed by atoms with Gasteiger partial charge in [0.2, 0.25) is 5.91 Å². The highest BCUT2D eigenvalue weighted by Crippen LogP contribution is 2.31. The lowest BCUT2D eigenvalue weighted by Crippen LogP contribution is -2.41. The van der Waals surface area contributed by atoms with Crippen molar-refractivity contribution in [2.45, 2.75) is 0 Å². The van der Waals surface area contributed by atoms with E-state index in [0.29, 0.717) is 18.8 Å². The van der Waals surface area contributed by atoms with Crippen molar-refractivity contribution in [3.05, 3.63) is 22.7 Å². The number of hydrogen-bond donors (Lipinski definition) is 2. The maximum absolute atomic E-state index is 11.6. The zero-order valence-electron chi connectivity index (χ0n) is 8.03. The lowest BCUT2D eigenvalue weighted by atomic mass is 10.2. The molecule has 1 aliphatic heterocycles. The Hall–Kier alpha value is -0.680. The van der Waals surface area contributed by atoms with Crippen LogP contribution in [0.15, 0.2) is 22.7 Å². The number of amides is 1. The Morgan fingerprint density at radius 2 is 2.33 bits per heavy atom. The van der Waals surface area contributed by atoms with Crippen molar-refractivity contribution in [3.63, 3.8) is 0 Å². The van der Waals surface area contributed by atoms with Gasteiger partial charge in [-0.2, -0.15) is 12.6 Å². The van der Waals surface area contributed by atoms with E-state index in [1.807, 2.05) is 18.2 Å². The van der Waals surface area contributed by atoms with Crippen LogP contribution in [0.4, 0.5) is 11.4 Å². The Balaban J connectivity index is 2.39. The van der Waals surface area contributed by atoms with E-state index < -0.39 is 0 Å². The SMILES string of the molecule is O=C1CNc2cc(Br)ccc2N1CCS. The fourth-order valence-corrected chi connectivity index (χ4v) is 2.19. The van der Waals surface area contributed by atoms with Gasteiger partial charge in [-0.15, -0.1) is 0 Å². The van der Waals surface area contributed by atoms with Gasteiger partial charge in [0.1, 0.15) is 0 Å². The van der Waals surface area contributed by atoms with E-state index in [9.17, 15) is 4.79 Å². The maximum Gasteiger partial charge on any atom is 0.246 e. The van der Waals surface area contributed by atoms with E-state index >= 15 is 0 Å². The number of hydrogen-bond acceptors (Lipinski definition) is 3. The summed E-state index contributed by atoms with van der Waals surface area (Å²) in [7, 11) is 0. The van der Waals surface area contributed by atoms with Crippen LogP contribution in [0, 0.1) is 0 Å². The van der Waals surface area contributed by atoms with E-state index in [2.05, 4.69) is 33.9 Å². The second-order valence-electron chi connectivity index (χ2n) is 3.28. The standard InChI is InChI=1S/C10H11BrN2OS/c11-7-1-2-9-8(5-7)12-6-10(14)13(9)3-4-15/h1-2,5,12,15H,3-4,6H2. The highest BCUT2D eigenvalue weighted by atomic mass is 79.9. The number of fused-ring (bicyclic) bond motifs is 1. The van der Waals surface area contributed by atoms with Crippen molar-refractivity contribution in [2.24, 2.45) is 0 Å². The predicted octanol–water partition coefficient (Wildman–Crippen LogP) is 2.14. The van der Waals surface area contributed by atoms with Crippen molar-refractivity contribution in [1.82, 2.24) is 0 Å². The van der Waals surface area contributed by atoms with Crippen molar-refractivity contribution >= 4 is 45.8 Å². The molecule has 0 saturated heterocycles. The molecule has 15 heavy (non-hydrogen) atoms. The molecule has 0 saturated carbocycles. The number of carbonyl (C=O) groups is 1. The van der Waals surface area contributed by atoms with E-state index in [-0.39, 0.29) is 5.91 Å². The number of rotatable bonds is 2. The fourth-order valence-electron chi connectivity index (χ4n) is 1.63. The number of thiol groups is 1. The first-order chi connectivity index (χ1) is 7.22. The zero-order chi connectivity index (χ0) is 10.8. The number of anilines is 2. The molecule has 0 atom stereocenters. The first kappa shape index (κ1) is 10.8. The molecule has 0 radical (unpaired) electrons. The molecule has 80 valence electrons. The minimum Gasteiger partial charge on any atom is -0.374 e. The quantitative estimate of drug-likeness (QED) is 0.817. The van der Waals surface area contributed by atoms with E-state index in [1.54, 1.807) is 4.90 Å². The van der Waals surface area contributed by atoms with Gasteiger partial charge in [-0.25, -0.2) is 0 Å². The maximum atomic E-state index is 11.6. The van der Waals surface area contributed by atoms with Crippen molar-refractivity contribution < 1.29 is 4.79 Å². The molecule has 1 aromatic carbocycles. The molecule has 0 aromatic heterocycles. The molecule has 1 heterocycles. The molecule has 0 fully saturated rings. The average molecular weight is 287 g/mol. The van der Waals surface area contributed by atoms with Gasteiger partial charge < -0.3 is 10.2 Å². The summed E-state index contributed by atoms with van der Waals surface area (Å²) in [4.78, 5) is 13.4. The second-order valence-corrected chi connectivity index (χ2v) is 4.65. The van der Waals surface area contributed by atoms with Crippen LogP contribution >= 0.6 is 28.6 Å². The molecule has 2 rings (SSSR count). The van der Waals surface area contributed by atoms with Crippen LogP contribution in [0.25, 0.3) is 0 Å². The molecular formula is C10H11BrN2OS. The molecule has 3 nitrogen and oxygen atoms in total. The van der Waals surface area contributed by atoms with Crippen LogP contribution in [0.1, 0.15) is 0 Å². The van der Waals surface area contributed by atoms with Gasteiger partial charge in [-0.3, -0.25) is 4.79 Å². The summed E-state index contributed by atoms with van der Waals surface area (Å²) in [5.74, 6) is 0.764. The minimum atomic E-state index is 0.0962. The number of carbonyl (C=O) groups excluding carboxylic acids is 1. The van der Waals surface area contributed by atoms with E-state index in [0.717, 1.165) is 15.8 Å². The third-order valence-corrected chi connectivity index (χ3v) is 3.00. The van der Waals surface area contributed by atoms with Crippen molar-refractivity contribution in [3.8, 4) is 0 Å². The summed E-state index contributed by atoms with van der Waals surface area (Å²) < 4.78 is 1.01. The Labute approximate surface area is 102 Å². The zero-order valence-corrected chi connectivity index (χ0v) is 10.5. The third kappa shape index (κ3) is 2.13. The highest BCUT2D eigenvalue weighted by Gasteiger charge is 2.22. The van der Waals surface area contributed by atoms with Gasteiger partial charge in [-0.05, 0) is 18.2 Å². The molecule has 1 aromatic rings. The van der Waals surface area contributed by atoms with Crippen LogP contribution in [-0.4, -0.2) is 24.7 Å². The number of nitrogens with one attached hydrogen (secondary N) is 1. The Morgan fingerprint density at radius 1 is 1.53 bits per heavy atom. The highest BCUT2D eigenvalue weighted by molar-refractivity contribution is 9.10. The van der Waals surface area contributed by atoms with Crippen LogP contribution < -0.4 is 10.2 Å². The summed E-state index contributed by atoms with van der Waals surface area (Å²) in [6.45, 7) is 1.01. The van der Waals surface area contributed by atoms with Gasteiger partial charge in [0, 0.05) is 16.8 Å². The van der Waals surface area contributed by atoms with Crippen LogP contribution in [0.3, 0.4) is 0 Å². The molecule has 1 N–H and O–H groups in total. The van der Waals surface area contributed by atoms with Gasteiger partial charge in [0.25, 0.3) is 0 Å². The largest absolute Gasteiger partial charge is 0.374 e. The molecule has 1 amide bonds. The third-order valence-electron chi connectivity index (χ3n) is 2.30. The topological polar surface area (TPSA) is 32.3 Å². The van der Waals surface area contributed by atoms with Crippen LogP contribution in [0.2, 0.25) is 0 Å². The summed E-state index contributed by atoms with van der Waals surface area (Å²) in [6, 6.07) is 5.85. The van der Waals surface area contributed by atoms with Crippen LogP contribution in [0.5, 0.6) is 0 Å². The first-order valence-electron chi connectivity index (χ1n) is 4.67. The normalized spacial score (nSPS) is 14.8. The van der Waals surface area contributed by atoms with Gasteiger partial charge >= 0.3 is 0 Å². The lowest BCUT2D eigenvalue weighted by molar-refractivity contribution is -0.117. The summed E-state index contributed by atoms with van der Waals surface area (Å²) in [6.07, 6.45) is 0. The Kier molecular flexibility index (Phi) is 3.21. The monoisotopic (exact) mass is 286 g/mol. The number of halogens is 1. The smallest absolute Gasteiger partial charge is 0.246 e. The van der Waals surface area contributed by atoms with E-state index in [1.165, 1.54) is 0 Å². The Morgan fingerprint density at radius 3 is 3.07 bits per heavy atom. The summed E-state index contributed by atoms with van der Waals surface area (Å²) in [5.41, 5.74) is 1.93. The molecule has 0 bridgehead atoms. The van der Waals surface area contributed by atoms with Crippen LogP contribution in [-0.2, 0) is 4.79 Å². The van der Waals surface area contributed by atoms with Crippen molar-refractivity contribution in [1.29, 1.82) is 0 Å². The van der Waals surface area contributed by atoms with Gasteiger partial charge in [-0.1, -0.05) is 15.9 Å². The average Bonchev–Trinajstić information content (AvgIpc) is 2.22. The first-order valence-corrected chi connectivity index (χ1v) is 6.09. The molecule has 0 spiro atoms. The minimum absolute atomic E-state index is 0.0962.